The first-order valence-electron chi connectivity index (χ1n) is 11.6. The number of carboxylic acids is 1. The standard InChI is InChI=1S/C26H30N2O7/c1-16(33-2)22(23(29)30)27-24(31)26(11-13-34-14-12-26)28-25(32)35-15-21-19-9-5-3-7-17(19)18-8-4-6-10-20(18)21/h3-10,16,21-22H,11-15H2,1-2H3,(H,27,31)(H,28,32)(H,29,30)/t16-,22+/m1/s1. The van der Waals surface area contributed by atoms with Crippen LogP contribution in [0.25, 0.3) is 11.1 Å². The topological polar surface area (TPSA) is 123 Å². The maximum atomic E-state index is 13.2. The fraction of sp³-hybridized carbons (Fsp3) is 0.423. The van der Waals surface area contributed by atoms with E-state index in [1.807, 2.05) is 36.4 Å². The van der Waals surface area contributed by atoms with Crippen LogP contribution in [0.2, 0.25) is 0 Å². The van der Waals surface area contributed by atoms with E-state index >= 15 is 0 Å². The quantitative estimate of drug-likeness (QED) is 0.529. The Morgan fingerprint density at radius 2 is 1.63 bits per heavy atom. The van der Waals surface area contributed by atoms with Gasteiger partial charge in [-0.05, 0) is 29.2 Å². The fourth-order valence-corrected chi connectivity index (χ4v) is 4.75. The second-order valence-electron chi connectivity index (χ2n) is 8.88. The van der Waals surface area contributed by atoms with Crippen molar-refractivity contribution in [2.75, 3.05) is 26.9 Å². The second-order valence-corrected chi connectivity index (χ2v) is 8.88. The van der Waals surface area contributed by atoms with Crippen LogP contribution in [0.3, 0.4) is 0 Å². The van der Waals surface area contributed by atoms with Gasteiger partial charge < -0.3 is 30.0 Å². The number of rotatable bonds is 8. The molecule has 0 saturated carbocycles. The maximum Gasteiger partial charge on any atom is 0.408 e. The Kier molecular flexibility index (Phi) is 7.37. The summed E-state index contributed by atoms with van der Waals surface area (Å²) in [5.74, 6) is -1.95. The number of amides is 2. The Labute approximate surface area is 203 Å². The highest BCUT2D eigenvalue weighted by atomic mass is 16.5. The van der Waals surface area contributed by atoms with E-state index in [4.69, 9.17) is 14.2 Å². The van der Waals surface area contributed by atoms with Crippen LogP contribution in [0.4, 0.5) is 4.79 Å². The molecule has 2 aromatic carbocycles. The molecule has 1 fully saturated rings. The molecule has 1 heterocycles. The molecule has 0 bridgehead atoms. The van der Waals surface area contributed by atoms with Crippen molar-refractivity contribution < 1.29 is 33.7 Å². The van der Waals surface area contributed by atoms with Gasteiger partial charge in [-0.1, -0.05) is 48.5 Å². The summed E-state index contributed by atoms with van der Waals surface area (Å²) in [6, 6.07) is 14.8. The van der Waals surface area contributed by atoms with Crippen molar-refractivity contribution in [2.45, 2.75) is 43.4 Å². The summed E-state index contributed by atoms with van der Waals surface area (Å²) in [6.45, 7) is 2.14. The van der Waals surface area contributed by atoms with Crippen LogP contribution in [0, 0.1) is 0 Å². The molecule has 3 N–H and O–H groups in total. The number of methoxy groups -OCH3 is 1. The summed E-state index contributed by atoms with van der Waals surface area (Å²) in [4.78, 5) is 37.8. The van der Waals surface area contributed by atoms with Crippen molar-refractivity contribution in [3.8, 4) is 11.1 Å². The summed E-state index contributed by atoms with van der Waals surface area (Å²) in [5.41, 5.74) is 3.05. The van der Waals surface area contributed by atoms with Crippen LogP contribution >= 0.6 is 0 Å². The van der Waals surface area contributed by atoms with Crippen molar-refractivity contribution in [2.24, 2.45) is 0 Å². The van der Waals surface area contributed by atoms with Crippen molar-refractivity contribution >= 4 is 18.0 Å². The van der Waals surface area contributed by atoms with Gasteiger partial charge in [0.05, 0.1) is 6.10 Å². The first kappa shape index (κ1) is 24.7. The minimum atomic E-state index is -1.35. The van der Waals surface area contributed by atoms with Crippen LogP contribution in [-0.4, -0.2) is 67.7 Å². The number of hydrogen-bond acceptors (Lipinski definition) is 6. The van der Waals surface area contributed by atoms with Gasteiger partial charge in [0.25, 0.3) is 0 Å². The molecule has 9 nitrogen and oxygen atoms in total. The summed E-state index contributed by atoms with van der Waals surface area (Å²) < 4.78 is 16.1. The largest absolute Gasteiger partial charge is 0.480 e. The zero-order valence-electron chi connectivity index (χ0n) is 19.8. The molecular weight excluding hydrogens is 452 g/mol. The molecule has 0 spiro atoms. The second kappa shape index (κ2) is 10.5. The maximum absolute atomic E-state index is 13.2. The van der Waals surface area contributed by atoms with Gasteiger partial charge in [0.1, 0.15) is 12.1 Å². The lowest BCUT2D eigenvalue weighted by atomic mass is 9.88. The summed E-state index contributed by atoms with van der Waals surface area (Å²) >= 11 is 0. The van der Waals surface area contributed by atoms with E-state index in [0.29, 0.717) is 0 Å². The van der Waals surface area contributed by atoms with E-state index in [1.165, 1.54) is 7.11 Å². The Balaban J connectivity index is 1.47. The number of hydrogen-bond donors (Lipinski definition) is 3. The van der Waals surface area contributed by atoms with Crippen molar-refractivity contribution in [1.82, 2.24) is 10.6 Å². The molecular formula is C26H30N2O7. The zero-order valence-corrected chi connectivity index (χ0v) is 19.8. The third kappa shape index (κ3) is 5.01. The number of benzene rings is 2. The van der Waals surface area contributed by atoms with Gasteiger partial charge in [-0.25, -0.2) is 9.59 Å². The van der Waals surface area contributed by atoms with E-state index in [-0.39, 0.29) is 38.6 Å². The van der Waals surface area contributed by atoms with E-state index < -0.39 is 35.7 Å². The summed E-state index contributed by atoms with van der Waals surface area (Å²) in [6.07, 6.45) is -1.12. The first-order chi connectivity index (χ1) is 16.9. The Morgan fingerprint density at radius 3 is 2.17 bits per heavy atom. The van der Waals surface area contributed by atoms with Gasteiger partial charge in [0, 0.05) is 39.1 Å². The predicted octanol–water partition coefficient (Wildman–Crippen LogP) is 2.68. The number of fused-ring (bicyclic) bond motifs is 3. The third-order valence-electron chi connectivity index (χ3n) is 6.86. The highest BCUT2D eigenvalue weighted by Gasteiger charge is 2.44. The van der Waals surface area contributed by atoms with Crippen molar-refractivity contribution in [3.63, 3.8) is 0 Å². The number of alkyl carbamates (subject to hydrolysis) is 1. The molecule has 2 aromatic rings. The van der Waals surface area contributed by atoms with Gasteiger partial charge in [-0.3, -0.25) is 4.79 Å². The molecule has 0 unspecified atom stereocenters. The number of carbonyl (C=O) groups is 3. The molecule has 0 aromatic heterocycles. The van der Waals surface area contributed by atoms with Crippen LogP contribution < -0.4 is 10.6 Å². The number of carboxylic acid groups (broad SMARTS) is 1. The average molecular weight is 483 g/mol. The Morgan fingerprint density at radius 1 is 1.06 bits per heavy atom. The molecule has 2 atom stereocenters. The lowest BCUT2D eigenvalue weighted by molar-refractivity contribution is -0.147. The van der Waals surface area contributed by atoms with Crippen molar-refractivity contribution in [3.05, 3.63) is 59.7 Å². The number of ether oxygens (including phenoxy) is 3. The van der Waals surface area contributed by atoms with E-state index in [2.05, 4.69) is 22.8 Å². The lowest BCUT2D eigenvalue weighted by Crippen LogP contribution is -2.64. The monoisotopic (exact) mass is 482 g/mol. The third-order valence-corrected chi connectivity index (χ3v) is 6.86. The fourth-order valence-electron chi connectivity index (χ4n) is 4.75. The molecule has 2 amide bonds. The van der Waals surface area contributed by atoms with E-state index in [1.54, 1.807) is 6.92 Å². The zero-order chi connectivity index (χ0) is 25.0. The molecule has 1 aliphatic heterocycles. The van der Waals surface area contributed by atoms with Crippen LogP contribution in [0.15, 0.2) is 48.5 Å². The summed E-state index contributed by atoms with van der Waals surface area (Å²) in [5, 5.41) is 14.8. The van der Waals surface area contributed by atoms with Gasteiger partial charge >= 0.3 is 12.1 Å². The van der Waals surface area contributed by atoms with Gasteiger partial charge in [0.2, 0.25) is 5.91 Å². The minimum absolute atomic E-state index is 0.104. The highest BCUT2D eigenvalue weighted by Crippen LogP contribution is 2.44. The smallest absolute Gasteiger partial charge is 0.408 e. The molecule has 35 heavy (non-hydrogen) atoms. The molecule has 2 aliphatic rings. The number of carbonyl (C=O) groups excluding carboxylic acids is 2. The van der Waals surface area contributed by atoms with Crippen molar-refractivity contribution in [1.29, 1.82) is 0 Å². The SMILES string of the molecule is CO[C@H](C)[C@H](NC(=O)C1(NC(=O)OCC2c3ccccc3-c3ccccc32)CCOCC1)C(=O)O. The van der Waals surface area contributed by atoms with Gasteiger partial charge in [-0.15, -0.1) is 0 Å². The molecule has 186 valence electrons. The Hall–Kier alpha value is -3.43. The normalized spacial score (nSPS) is 18.0. The molecule has 1 saturated heterocycles. The average Bonchev–Trinajstić information content (AvgIpc) is 3.19. The van der Waals surface area contributed by atoms with Crippen LogP contribution in [-0.2, 0) is 23.8 Å². The highest BCUT2D eigenvalue weighted by molar-refractivity contribution is 5.93. The summed E-state index contributed by atoms with van der Waals surface area (Å²) in [7, 11) is 1.37. The number of aliphatic carboxylic acids is 1. The molecule has 4 rings (SSSR count). The van der Waals surface area contributed by atoms with Crippen LogP contribution in [0.5, 0.6) is 0 Å². The lowest BCUT2D eigenvalue weighted by Gasteiger charge is -2.37. The first-order valence-corrected chi connectivity index (χ1v) is 11.6. The molecule has 1 aliphatic carbocycles. The van der Waals surface area contributed by atoms with Gasteiger partial charge in [-0.2, -0.15) is 0 Å². The van der Waals surface area contributed by atoms with Crippen LogP contribution in [0.1, 0.15) is 36.8 Å². The predicted molar refractivity (Wildman–Crippen MR) is 127 cm³/mol. The van der Waals surface area contributed by atoms with E-state index in [9.17, 15) is 19.5 Å². The minimum Gasteiger partial charge on any atom is -0.480 e. The Bertz CT molecular complexity index is 1050. The molecule has 0 radical (unpaired) electrons. The van der Waals surface area contributed by atoms with E-state index in [0.717, 1.165) is 22.3 Å². The number of nitrogens with one attached hydrogen (secondary N) is 2. The molecule has 9 heteroatoms. The van der Waals surface area contributed by atoms with Gasteiger partial charge in [0.15, 0.2) is 6.04 Å².